The SMILES string of the molecule is CCOC(=O)/C=C/c1ccc(OCc2ccccc2)c(O)c1. The molecule has 1 N–H and O–H groups in total. The first-order chi connectivity index (χ1) is 10.7. The summed E-state index contributed by atoms with van der Waals surface area (Å²) in [5.41, 5.74) is 1.71. The van der Waals surface area contributed by atoms with Crippen molar-refractivity contribution < 1.29 is 19.4 Å². The van der Waals surface area contributed by atoms with Crippen LogP contribution in [0.5, 0.6) is 11.5 Å². The van der Waals surface area contributed by atoms with Crippen LogP contribution >= 0.6 is 0 Å². The van der Waals surface area contributed by atoms with Gasteiger partial charge in [-0.25, -0.2) is 4.79 Å². The Kier molecular flexibility index (Phi) is 5.60. The minimum absolute atomic E-state index is 0.0296. The van der Waals surface area contributed by atoms with Crippen molar-refractivity contribution in [3.63, 3.8) is 0 Å². The van der Waals surface area contributed by atoms with E-state index in [0.717, 1.165) is 5.56 Å². The van der Waals surface area contributed by atoms with E-state index in [9.17, 15) is 9.90 Å². The molecule has 2 aromatic carbocycles. The van der Waals surface area contributed by atoms with Crippen molar-refractivity contribution >= 4 is 12.0 Å². The van der Waals surface area contributed by atoms with Gasteiger partial charge in [0.25, 0.3) is 0 Å². The van der Waals surface area contributed by atoms with E-state index in [-0.39, 0.29) is 5.75 Å². The number of ether oxygens (including phenoxy) is 2. The molecule has 0 aliphatic heterocycles. The number of phenols is 1. The molecule has 0 amide bonds. The maximum Gasteiger partial charge on any atom is 0.330 e. The second-order valence-electron chi connectivity index (χ2n) is 4.59. The van der Waals surface area contributed by atoms with Gasteiger partial charge in [0.2, 0.25) is 0 Å². The molecule has 0 saturated heterocycles. The number of hydrogen-bond acceptors (Lipinski definition) is 4. The average molecular weight is 298 g/mol. The summed E-state index contributed by atoms with van der Waals surface area (Å²) in [4.78, 5) is 11.2. The highest BCUT2D eigenvalue weighted by Gasteiger charge is 2.04. The van der Waals surface area contributed by atoms with E-state index in [2.05, 4.69) is 0 Å². The van der Waals surface area contributed by atoms with E-state index in [1.807, 2.05) is 30.3 Å². The lowest BCUT2D eigenvalue weighted by atomic mass is 10.2. The highest BCUT2D eigenvalue weighted by atomic mass is 16.5. The third-order valence-electron chi connectivity index (χ3n) is 2.92. The highest BCUT2D eigenvalue weighted by Crippen LogP contribution is 2.28. The van der Waals surface area contributed by atoms with Crippen molar-refractivity contribution in [2.24, 2.45) is 0 Å². The molecule has 2 aromatic rings. The Bertz CT molecular complexity index is 647. The summed E-state index contributed by atoms with van der Waals surface area (Å²) < 4.78 is 10.4. The zero-order chi connectivity index (χ0) is 15.8. The molecule has 4 nitrogen and oxygen atoms in total. The van der Waals surface area contributed by atoms with E-state index in [1.54, 1.807) is 25.1 Å². The Hall–Kier alpha value is -2.75. The van der Waals surface area contributed by atoms with Crippen molar-refractivity contribution in [3.8, 4) is 11.5 Å². The summed E-state index contributed by atoms with van der Waals surface area (Å²) in [7, 11) is 0. The van der Waals surface area contributed by atoms with E-state index in [4.69, 9.17) is 9.47 Å². The van der Waals surface area contributed by atoms with E-state index in [1.165, 1.54) is 12.1 Å². The molecule has 2 rings (SSSR count). The highest BCUT2D eigenvalue weighted by molar-refractivity contribution is 5.87. The Morgan fingerprint density at radius 3 is 2.64 bits per heavy atom. The number of hydrogen-bond donors (Lipinski definition) is 1. The van der Waals surface area contributed by atoms with Gasteiger partial charge in [-0.3, -0.25) is 0 Å². The normalized spacial score (nSPS) is 10.6. The van der Waals surface area contributed by atoms with Gasteiger partial charge in [0.1, 0.15) is 6.61 Å². The fourth-order valence-corrected chi connectivity index (χ4v) is 1.85. The molecule has 114 valence electrons. The van der Waals surface area contributed by atoms with E-state index < -0.39 is 5.97 Å². The van der Waals surface area contributed by atoms with Gasteiger partial charge in [0.05, 0.1) is 6.61 Å². The quantitative estimate of drug-likeness (QED) is 0.654. The number of carbonyl (C=O) groups is 1. The van der Waals surface area contributed by atoms with Gasteiger partial charge in [-0.15, -0.1) is 0 Å². The zero-order valence-electron chi connectivity index (χ0n) is 12.4. The molecule has 0 spiro atoms. The summed E-state index contributed by atoms with van der Waals surface area (Å²) in [5, 5.41) is 9.96. The monoisotopic (exact) mass is 298 g/mol. The fourth-order valence-electron chi connectivity index (χ4n) is 1.85. The predicted octanol–water partition coefficient (Wildman–Crippen LogP) is 3.55. The number of rotatable bonds is 6. The molecule has 0 aliphatic carbocycles. The van der Waals surface area contributed by atoms with Gasteiger partial charge in [-0.1, -0.05) is 36.4 Å². The van der Waals surface area contributed by atoms with Crippen LogP contribution in [0.3, 0.4) is 0 Å². The minimum Gasteiger partial charge on any atom is -0.504 e. The van der Waals surface area contributed by atoms with Crippen LogP contribution in [0.25, 0.3) is 6.08 Å². The molecular weight excluding hydrogens is 280 g/mol. The van der Waals surface area contributed by atoms with Crippen LogP contribution in [0.4, 0.5) is 0 Å². The summed E-state index contributed by atoms with van der Waals surface area (Å²) >= 11 is 0. The van der Waals surface area contributed by atoms with Crippen molar-refractivity contribution in [1.29, 1.82) is 0 Å². The van der Waals surface area contributed by atoms with Crippen LogP contribution in [0.2, 0.25) is 0 Å². The van der Waals surface area contributed by atoms with E-state index in [0.29, 0.717) is 24.5 Å². The molecule has 0 radical (unpaired) electrons. The topological polar surface area (TPSA) is 55.8 Å². The number of carbonyl (C=O) groups excluding carboxylic acids is 1. The summed E-state index contributed by atoms with van der Waals surface area (Å²) in [6, 6.07) is 14.7. The minimum atomic E-state index is -0.411. The summed E-state index contributed by atoms with van der Waals surface area (Å²) in [6.07, 6.45) is 2.90. The Labute approximate surface area is 129 Å². The molecule has 0 saturated carbocycles. The summed E-state index contributed by atoms with van der Waals surface area (Å²) in [6.45, 7) is 2.46. The molecule has 0 aliphatic rings. The first-order valence-electron chi connectivity index (χ1n) is 7.03. The van der Waals surface area contributed by atoms with Crippen LogP contribution in [0, 0.1) is 0 Å². The number of aromatic hydroxyl groups is 1. The number of benzene rings is 2. The molecule has 0 bridgehead atoms. The van der Waals surface area contributed by atoms with Gasteiger partial charge >= 0.3 is 5.97 Å². The van der Waals surface area contributed by atoms with Crippen LogP contribution in [-0.4, -0.2) is 17.7 Å². The van der Waals surface area contributed by atoms with Crippen LogP contribution in [-0.2, 0) is 16.1 Å². The second kappa shape index (κ2) is 7.88. The maximum absolute atomic E-state index is 11.2. The Balaban J connectivity index is 1.99. The number of esters is 1. The fraction of sp³-hybridized carbons (Fsp3) is 0.167. The first-order valence-corrected chi connectivity index (χ1v) is 7.03. The largest absolute Gasteiger partial charge is 0.504 e. The predicted molar refractivity (Wildman–Crippen MR) is 84.5 cm³/mol. The third-order valence-corrected chi connectivity index (χ3v) is 2.92. The van der Waals surface area contributed by atoms with Gasteiger partial charge in [0.15, 0.2) is 11.5 Å². The average Bonchev–Trinajstić information content (AvgIpc) is 2.53. The lowest BCUT2D eigenvalue weighted by molar-refractivity contribution is -0.137. The smallest absolute Gasteiger partial charge is 0.330 e. The van der Waals surface area contributed by atoms with Crippen LogP contribution in [0.1, 0.15) is 18.1 Å². The molecule has 0 aromatic heterocycles. The molecule has 22 heavy (non-hydrogen) atoms. The van der Waals surface area contributed by atoms with Crippen LogP contribution in [0.15, 0.2) is 54.6 Å². The van der Waals surface area contributed by atoms with Crippen molar-refractivity contribution in [2.45, 2.75) is 13.5 Å². The zero-order valence-corrected chi connectivity index (χ0v) is 12.4. The van der Waals surface area contributed by atoms with Gasteiger partial charge in [0, 0.05) is 6.08 Å². The van der Waals surface area contributed by atoms with Crippen molar-refractivity contribution in [2.75, 3.05) is 6.61 Å². The first kappa shape index (κ1) is 15.6. The Morgan fingerprint density at radius 2 is 1.95 bits per heavy atom. The van der Waals surface area contributed by atoms with Gasteiger partial charge in [-0.05, 0) is 36.3 Å². The third kappa shape index (κ3) is 4.66. The van der Waals surface area contributed by atoms with Gasteiger partial charge in [-0.2, -0.15) is 0 Å². The summed E-state index contributed by atoms with van der Waals surface area (Å²) in [5.74, 6) is 0.0190. The molecule has 4 heteroatoms. The molecule has 0 fully saturated rings. The molecule has 0 atom stereocenters. The van der Waals surface area contributed by atoms with Crippen molar-refractivity contribution in [3.05, 3.63) is 65.7 Å². The standard InChI is InChI=1S/C18H18O4/c1-2-21-18(20)11-9-14-8-10-17(16(19)12-14)22-13-15-6-4-3-5-7-15/h3-12,19H,2,13H2,1H3/b11-9+. The molecular formula is C18H18O4. The van der Waals surface area contributed by atoms with Crippen molar-refractivity contribution in [1.82, 2.24) is 0 Å². The lowest BCUT2D eigenvalue weighted by Crippen LogP contribution is -1.98. The van der Waals surface area contributed by atoms with Crippen LogP contribution < -0.4 is 4.74 Å². The molecule has 0 unspecified atom stereocenters. The Morgan fingerprint density at radius 1 is 1.18 bits per heavy atom. The lowest BCUT2D eigenvalue weighted by Gasteiger charge is -2.08. The van der Waals surface area contributed by atoms with Gasteiger partial charge < -0.3 is 14.6 Å². The molecule has 0 heterocycles. The van der Waals surface area contributed by atoms with E-state index >= 15 is 0 Å². The second-order valence-corrected chi connectivity index (χ2v) is 4.59. The number of phenolic OH excluding ortho intramolecular Hbond substituents is 1. The maximum atomic E-state index is 11.2.